The molecule has 2 aliphatic rings. The van der Waals surface area contributed by atoms with Crippen LogP contribution < -0.4 is 0 Å². The van der Waals surface area contributed by atoms with Gasteiger partial charge in [-0.3, -0.25) is 9.59 Å². The Morgan fingerprint density at radius 3 is 2.56 bits per heavy atom. The van der Waals surface area contributed by atoms with E-state index in [-0.39, 0.29) is 17.2 Å². The van der Waals surface area contributed by atoms with Crippen molar-refractivity contribution in [3.63, 3.8) is 0 Å². The van der Waals surface area contributed by atoms with Crippen molar-refractivity contribution in [1.29, 1.82) is 0 Å². The van der Waals surface area contributed by atoms with E-state index in [4.69, 9.17) is 0 Å². The molecule has 0 aromatic heterocycles. The first-order valence-electron chi connectivity index (χ1n) is 6.84. The van der Waals surface area contributed by atoms with E-state index in [9.17, 15) is 14.7 Å². The summed E-state index contributed by atoms with van der Waals surface area (Å²) >= 11 is 0. The van der Waals surface area contributed by atoms with Crippen LogP contribution in [0.2, 0.25) is 0 Å². The zero-order valence-electron chi connectivity index (χ0n) is 11.5. The summed E-state index contributed by atoms with van der Waals surface area (Å²) in [6.07, 6.45) is 3.45. The molecular formula is C14H23NO3. The number of carbonyl (C=O) groups excluding carboxylic acids is 1. The van der Waals surface area contributed by atoms with Crippen molar-refractivity contribution in [1.82, 2.24) is 4.90 Å². The molecule has 0 spiro atoms. The Hall–Kier alpha value is -1.06. The van der Waals surface area contributed by atoms with Crippen molar-refractivity contribution in [2.24, 2.45) is 16.7 Å². The number of piperidine rings is 1. The molecule has 0 aromatic carbocycles. The van der Waals surface area contributed by atoms with Gasteiger partial charge in [0.2, 0.25) is 5.91 Å². The molecule has 2 fully saturated rings. The van der Waals surface area contributed by atoms with E-state index in [0.29, 0.717) is 13.0 Å². The van der Waals surface area contributed by atoms with Crippen LogP contribution in [0.5, 0.6) is 0 Å². The highest BCUT2D eigenvalue weighted by Gasteiger charge is 2.55. The van der Waals surface area contributed by atoms with Gasteiger partial charge in [-0.2, -0.15) is 0 Å². The first kappa shape index (κ1) is 13.4. The van der Waals surface area contributed by atoms with E-state index in [1.807, 2.05) is 0 Å². The van der Waals surface area contributed by atoms with Gasteiger partial charge in [-0.25, -0.2) is 0 Å². The molecular weight excluding hydrogens is 230 g/mol. The van der Waals surface area contributed by atoms with Gasteiger partial charge in [-0.1, -0.05) is 13.8 Å². The average molecular weight is 253 g/mol. The van der Waals surface area contributed by atoms with E-state index in [1.165, 1.54) is 0 Å². The van der Waals surface area contributed by atoms with Gasteiger partial charge >= 0.3 is 5.97 Å². The molecule has 1 aliphatic heterocycles. The molecule has 0 aromatic rings. The molecule has 1 N–H and O–H groups in total. The molecule has 0 bridgehead atoms. The molecule has 4 heteroatoms. The Bertz CT molecular complexity index is 381. The third kappa shape index (κ3) is 2.13. The fourth-order valence-corrected chi connectivity index (χ4v) is 3.01. The summed E-state index contributed by atoms with van der Waals surface area (Å²) in [5.74, 6) is -0.487. The van der Waals surface area contributed by atoms with Gasteiger partial charge in [0.1, 0.15) is 0 Å². The maximum absolute atomic E-state index is 12.4. The van der Waals surface area contributed by atoms with Crippen LogP contribution in [0.1, 0.15) is 46.5 Å². The van der Waals surface area contributed by atoms with Crippen molar-refractivity contribution in [3.05, 3.63) is 0 Å². The van der Waals surface area contributed by atoms with Crippen LogP contribution in [0, 0.1) is 16.7 Å². The zero-order valence-corrected chi connectivity index (χ0v) is 11.5. The first-order valence-corrected chi connectivity index (χ1v) is 6.84. The van der Waals surface area contributed by atoms with E-state index >= 15 is 0 Å². The number of hydrogen-bond donors (Lipinski definition) is 1. The number of carbonyl (C=O) groups is 2. The molecule has 4 nitrogen and oxygen atoms in total. The molecule has 18 heavy (non-hydrogen) atoms. The monoisotopic (exact) mass is 253 g/mol. The SMILES string of the molecule is CCC1(C)CC1C(=O)N1CCCC(C)(C(=O)O)C1. The number of likely N-dealkylation sites (tertiary alicyclic amines) is 1. The molecule has 1 amide bonds. The number of amides is 1. The third-order valence-electron chi connectivity index (χ3n) is 4.98. The molecule has 3 unspecified atom stereocenters. The van der Waals surface area contributed by atoms with Crippen LogP contribution in [0.15, 0.2) is 0 Å². The number of carboxylic acid groups (broad SMARTS) is 1. The summed E-state index contributed by atoms with van der Waals surface area (Å²) in [4.78, 5) is 25.4. The third-order valence-corrected chi connectivity index (χ3v) is 4.98. The Morgan fingerprint density at radius 1 is 1.39 bits per heavy atom. The van der Waals surface area contributed by atoms with Gasteiger partial charge in [-0.15, -0.1) is 0 Å². The summed E-state index contributed by atoms with van der Waals surface area (Å²) in [7, 11) is 0. The fourth-order valence-electron chi connectivity index (χ4n) is 3.01. The summed E-state index contributed by atoms with van der Waals surface area (Å²) in [5, 5.41) is 9.26. The van der Waals surface area contributed by atoms with Gasteiger partial charge in [0.25, 0.3) is 0 Å². The highest BCUT2D eigenvalue weighted by Crippen LogP contribution is 2.55. The lowest BCUT2D eigenvalue weighted by Crippen LogP contribution is -2.49. The topological polar surface area (TPSA) is 57.6 Å². The lowest BCUT2D eigenvalue weighted by atomic mass is 9.82. The van der Waals surface area contributed by atoms with Crippen LogP contribution in [0.4, 0.5) is 0 Å². The summed E-state index contributed by atoms with van der Waals surface area (Å²) in [6.45, 7) is 7.11. The minimum Gasteiger partial charge on any atom is -0.481 e. The van der Waals surface area contributed by atoms with Crippen LogP contribution in [0.3, 0.4) is 0 Å². The largest absolute Gasteiger partial charge is 0.481 e. The minimum atomic E-state index is -0.783. The second-order valence-electron chi connectivity index (χ2n) is 6.49. The maximum Gasteiger partial charge on any atom is 0.311 e. The predicted molar refractivity (Wildman–Crippen MR) is 68.1 cm³/mol. The van der Waals surface area contributed by atoms with E-state index in [2.05, 4.69) is 13.8 Å². The Morgan fingerprint density at radius 2 is 2.06 bits per heavy atom. The normalized spacial score (nSPS) is 39.5. The highest BCUT2D eigenvalue weighted by molar-refractivity contribution is 5.84. The summed E-state index contributed by atoms with van der Waals surface area (Å²) in [5.41, 5.74) is -0.598. The Labute approximate surface area is 108 Å². The minimum absolute atomic E-state index is 0.124. The quantitative estimate of drug-likeness (QED) is 0.838. The summed E-state index contributed by atoms with van der Waals surface area (Å²) in [6, 6.07) is 0. The number of rotatable bonds is 3. The number of nitrogens with zero attached hydrogens (tertiary/aromatic N) is 1. The molecule has 0 radical (unpaired) electrons. The van der Waals surface area contributed by atoms with E-state index in [1.54, 1.807) is 11.8 Å². The molecule has 1 heterocycles. The standard InChI is InChI=1S/C14H23NO3/c1-4-13(2)8-10(13)11(16)15-7-5-6-14(3,9-15)12(17)18/h10H,4-9H2,1-3H3,(H,17,18). The Balaban J connectivity index is 2.02. The van der Waals surface area contributed by atoms with Crippen molar-refractivity contribution >= 4 is 11.9 Å². The van der Waals surface area contributed by atoms with Crippen molar-refractivity contribution in [2.45, 2.75) is 46.5 Å². The number of carboxylic acids is 1. The van der Waals surface area contributed by atoms with E-state index < -0.39 is 11.4 Å². The van der Waals surface area contributed by atoms with Crippen LogP contribution in [-0.4, -0.2) is 35.0 Å². The van der Waals surface area contributed by atoms with Gasteiger partial charge in [0.05, 0.1) is 5.41 Å². The predicted octanol–water partition coefficient (Wildman–Crippen LogP) is 2.14. The molecule has 1 saturated heterocycles. The van der Waals surface area contributed by atoms with Crippen molar-refractivity contribution in [2.75, 3.05) is 13.1 Å². The fraction of sp³-hybridized carbons (Fsp3) is 0.857. The number of hydrogen-bond acceptors (Lipinski definition) is 2. The molecule has 102 valence electrons. The summed E-state index contributed by atoms with van der Waals surface area (Å²) < 4.78 is 0. The highest BCUT2D eigenvalue weighted by atomic mass is 16.4. The molecule has 1 saturated carbocycles. The average Bonchev–Trinajstić information content (AvgIpc) is 3.01. The lowest BCUT2D eigenvalue weighted by Gasteiger charge is -2.38. The Kier molecular flexibility index (Phi) is 3.16. The lowest BCUT2D eigenvalue weighted by molar-refractivity contribution is -0.154. The smallest absolute Gasteiger partial charge is 0.311 e. The molecule has 1 aliphatic carbocycles. The zero-order chi connectivity index (χ0) is 13.6. The van der Waals surface area contributed by atoms with Crippen LogP contribution in [0.25, 0.3) is 0 Å². The molecule has 3 atom stereocenters. The maximum atomic E-state index is 12.4. The van der Waals surface area contributed by atoms with Crippen LogP contribution >= 0.6 is 0 Å². The van der Waals surface area contributed by atoms with Gasteiger partial charge in [0.15, 0.2) is 0 Å². The number of aliphatic carboxylic acids is 1. The van der Waals surface area contributed by atoms with Crippen molar-refractivity contribution < 1.29 is 14.7 Å². The van der Waals surface area contributed by atoms with Gasteiger partial charge in [-0.05, 0) is 38.0 Å². The second-order valence-corrected chi connectivity index (χ2v) is 6.49. The van der Waals surface area contributed by atoms with Crippen LogP contribution in [-0.2, 0) is 9.59 Å². The van der Waals surface area contributed by atoms with E-state index in [0.717, 1.165) is 25.8 Å². The molecule has 2 rings (SSSR count). The van der Waals surface area contributed by atoms with Gasteiger partial charge in [0, 0.05) is 19.0 Å². The van der Waals surface area contributed by atoms with Gasteiger partial charge < -0.3 is 10.0 Å². The second kappa shape index (κ2) is 4.25. The van der Waals surface area contributed by atoms with Crippen molar-refractivity contribution in [3.8, 4) is 0 Å². The first-order chi connectivity index (χ1) is 8.32.